The number of hydrogen-bond donors (Lipinski definition) is 1. The van der Waals surface area contributed by atoms with E-state index in [4.69, 9.17) is 4.74 Å². The molecule has 1 N–H and O–H groups in total. The first kappa shape index (κ1) is 11.3. The first-order chi connectivity index (χ1) is 7.65. The lowest BCUT2D eigenvalue weighted by atomic mass is 10.0. The zero-order chi connectivity index (χ0) is 11.7. The highest BCUT2D eigenvalue weighted by Gasteiger charge is 2.33. The second kappa shape index (κ2) is 4.37. The Morgan fingerprint density at radius 3 is 2.62 bits per heavy atom. The van der Waals surface area contributed by atoms with Crippen molar-refractivity contribution in [1.82, 2.24) is 0 Å². The maximum atomic E-state index is 13.6. The maximum Gasteiger partial charge on any atom is 0.200 e. The molecule has 0 amide bonds. The number of benzene rings is 1. The monoisotopic (exact) mass is 228 g/mol. The molecule has 0 bridgehead atoms. The van der Waals surface area contributed by atoms with Crippen LogP contribution in [0.4, 0.5) is 8.78 Å². The van der Waals surface area contributed by atoms with E-state index in [9.17, 15) is 13.9 Å². The van der Waals surface area contributed by atoms with Crippen LogP contribution in [0, 0.1) is 17.6 Å². The molecule has 0 aliphatic heterocycles. The number of halogens is 2. The Morgan fingerprint density at radius 2 is 2.06 bits per heavy atom. The Kier molecular flexibility index (Phi) is 3.10. The van der Waals surface area contributed by atoms with Crippen LogP contribution in [0.3, 0.4) is 0 Å². The zero-order valence-corrected chi connectivity index (χ0v) is 9.04. The normalized spacial score (nSPS) is 17.2. The van der Waals surface area contributed by atoms with E-state index in [1.807, 2.05) is 0 Å². The van der Waals surface area contributed by atoms with E-state index in [-0.39, 0.29) is 23.8 Å². The minimum Gasteiger partial charge on any atom is -0.491 e. The Bertz CT molecular complexity index is 389. The minimum absolute atomic E-state index is 0.0310. The van der Waals surface area contributed by atoms with Gasteiger partial charge in [-0.1, -0.05) is 0 Å². The second-order valence-corrected chi connectivity index (χ2v) is 4.00. The van der Waals surface area contributed by atoms with Crippen LogP contribution < -0.4 is 4.74 Å². The Labute approximate surface area is 92.9 Å². The first-order valence-corrected chi connectivity index (χ1v) is 5.44. The predicted octanol–water partition coefficient (Wildman–Crippen LogP) is 2.81. The van der Waals surface area contributed by atoms with E-state index in [1.165, 1.54) is 12.1 Å². The summed E-state index contributed by atoms with van der Waals surface area (Å²) in [6, 6.07) is 2.76. The van der Waals surface area contributed by atoms with Crippen molar-refractivity contribution in [3.8, 4) is 5.75 Å². The van der Waals surface area contributed by atoms with Gasteiger partial charge in [-0.25, -0.2) is 4.39 Å². The third-order valence-electron chi connectivity index (χ3n) is 2.76. The van der Waals surface area contributed by atoms with Crippen molar-refractivity contribution < 1.29 is 18.6 Å². The van der Waals surface area contributed by atoms with E-state index >= 15 is 0 Å². The quantitative estimate of drug-likeness (QED) is 0.858. The van der Waals surface area contributed by atoms with Gasteiger partial charge in [0.05, 0.1) is 12.7 Å². The van der Waals surface area contributed by atoms with Crippen LogP contribution in [0.5, 0.6) is 5.75 Å². The highest BCUT2D eigenvalue weighted by molar-refractivity contribution is 5.32. The molecular weight excluding hydrogens is 214 g/mol. The third kappa shape index (κ3) is 2.02. The Balaban J connectivity index is 2.30. The van der Waals surface area contributed by atoms with Gasteiger partial charge in [0, 0.05) is 5.56 Å². The first-order valence-electron chi connectivity index (χ1n) is 5.44. The van der Waals surface area contributed by atoms with E-state index in [0.717, 1.165) is 12.8 Å². The molecule has 1 fully saturated rings. The largest absolute Gasteiger partial charge is 0.491 e. The van der Waals surface area contributed by atoms with Gasteiger partial charge in [-0.2, -0.15) is 4.39 Å². The van der Waals surface area contributed by atoms with Crippen molar-refractivity contribution in [3.63, 3.8) is 0 Å². The fourth-order valence-corrected chi connectivity index (χ4v) is 1.71. The summed E-state index contributed by atoms with van der Waals surface area (Å²) >= 11 is 0. The second-order valence-electron chi connectivity index (χ2n) is 4.00. The van der Waals surface area contributed by atoms with E-state index < -0.39 is 17.7 Å². The van der Waals surface area contributed by atoms with Gasteiger partial charge >= 0.3 is 0 Å². The fraction of sp³-hybridized carbons (Fsp3) is 0.500. The number of aliphatic hydroxyl groups is 1. The van der Waals surface area contributed by atoms with Gasteiger partial charge < -0.3 is 9.84 Å². The highest BCUT2D eigenvalue weighted by atomic mass is 19.2. The van der Waals surface area contributed by atoms with Crippen molar-refractivity contribution in [2.75, 3.05) is 6.61 Å². The Morgan fingerprint density at radius 1 is 1.38 bits per heavy atom. The number of ether oxygens (including phenoxy) is 1. The van der Waals surface area contributed by atoms with Gasteiger partial charge in [-0.15, -0.1) is 0 Å². The molecule has 1 saturated carbocycles. The third-order valence-corrected chi connectivity index (χ3v) is 2.76. The molecule has 0 heterocycles. The minimum atomic E-state index is -1.01. The smallest absolute Gasteiger partial charge is 0.200 e. The molecule has 2 nitrogen and oxygen atoms in total. The average molecular weight is 228 g/mol. The topological polar surface area (TPSA) is 29.5 Å². The number of rotatable bonds is 4. The lowest BCUT2D eigenvalue weighted by Crippen LogP contribution is -2.06. The molecule has 1 aromatic rings. The van der Waals surface area contributed by atoms with Gasteiger partial charge in [0.25, 0.3) is 0 Å². The maximum absolute atomic E-state index is 13.6. The molecule has 0 aromatic heterocycles. The van der Waals surface area contributed by atoms with Crippen LogP contribution in [-0.2, 0) is 0 Å². The summed E-state index contributed by atoms with van der Waals surface area (Å²) in [6.07, 6.45) is 0.843. The Hall–Kier alpha value is -1.16. The average Bonchev–Trinajstić information content (AvgIpc) is 3.08. The van der Waals surface area contributed by atoms with E-state index in [2.05, 4.69) is 0 Å². The summed E-state index contributed by atoms with van der Waals surface area (Å²) in [4.78, 5) is 0. The van der Waals surface area contributed by atoms with Gasteiger partial charge in [0.2, 0.25) is 5.82 Å². The number of hydrogen-bond acceptors (Lipinski definition) is 2. The van der Waals surface area contributed by atoms with Crippen LogP contribution in [0.1, 0.15) is 31.4 Å². The van der Waals surface area contributed by atoms with E-state index in [1.54, 1.807) is 6.92 Å². The van der Waals surface area contributed by atoms with Gasteiger partial charge in [-0.3, -0.25) is 0 Å². The lowest BCUT2D eigenvalue weighted by molar-refractivity contribution is 0.147. The lowest BCUT2D eigenvalue weighted by Gasteiger charge is -2.13. The van der Waals surface area contributed by atoms with Crippen molar-refractivity contribution in [2.24, 2.45) is 5.92 Å². The van der Waals surface area contributed by atoms with Crippen molar-refractivity contribution >= 4 is 0 Å². The van der Waals surface area contributed by atoms with Gasteiger partial charge in [-0.05, 0) is 37.8 Å². The molecule has 0 spiro atoms. The standard InChI is InChI=1S/C12H14F2O2/c1-2-16-9-6-5-8(10(13)11(9)14)12(15)7-3-4-7/h5-7,12,15H,2-4H2,1H3. The zero-order valence-electron chi connectivity index (χ0n) is 9.04. The molecule has 0 radical (unpaired) electrons. The van der Waals surface area contributed by atoms with Crippen LogP contribution in [0.2, 0.25) is 0 Å². The fourth-order valence-electron chi connectivity index (χ4n) is 1.71. The van der Waals surface area contributed by atoms with E-state index in [0.29, 0.717) is 0 Å². The molecule has 1 atom stereocenters. The van der Waals surface area contributed by atoms with Crippen LogP contribution in [-0.4, -0.2) is 11.7 Å². The summed E-state index contributed by atoms with van der Waals surface area (Å²) in [6.45, 7) is 1.98. The molecule has 0 saturated heterocycles. The summed E-state index contributed by atoms with van der Waals surface area (Å²) in [5.74, 6) is -2.04. The molecule has 1 aromatic carbocycles. The van der Waals surface area contributed by atoms with Crippen LogP contribution >= 0.6 is 0 Å². The molecule has 88 valence electrons. The van der Waals surface area contributed by atoms with Crippen LogP contribution in [0.15, 0.2) is 12.1 Å². The molecule has 1 aliphatic carbocycles. The van der Waals surface area contributed by atoms with Crippen molar-refractivity contribution in [2.45, 2.75) is 25.9 Å². The molecule has 4 heteroatoms. The van der Waals surface area contributed by atoms with Crippen LogP contribution in [0.25, 0.3) is 0 Å². The molecular formula is C12H14F2O2. The molecule has 16 heavy (non-hydrogen) atoms. The SMILES string of the molecule is CCOc1ccc(C(O)C2CC2)c(F)c1F. The molecule has 1 aliphatic rings. The molecule has 1 unspecified atom stereocenters. The number of aliphatic hydroxyl groups excluding tert-OH is 1. The van der Waals surface area contributed by atoms with Crippen molar-refractivity contribution in [1.29, 1.82) is 0 Å². The van der Waals surface area contributed by atoms with Crippen molar-refractivity contribution in [3.05, 3.63) is 29.3 Å². The highest BCUT2D eigenvalue weighted by Crippen LogP contribution is 2.42. The summed E-state index contributed by atoms with van der Waals surface area (Å²) in [5, 5.41) is 9.74. The summed E-state index contributed by atoms with van der Waals surface area (Å²) in [7, 11) is 0. The predicted molar refractivity (Wildman–Crippen MR) is 55.2 cm³/mol. The molecule has 2 rings (SSSR count). The van der Waals surface area contributed by atoms with Gasteiger partial charge in [0.1, 0.15) is 0 Å². The summed E-state index contributed by atoms with van der Waals surface area (Å²) < 4.78 is 32.0. The summed E-state index contributed by atoms with van der Waals surface area (Å²) in [5.41, 5.74) is 0.0310. The van der Waals surface area contributed by atoms with Gasteiger partial charge in [0.15, 0.2) is 11.6 Å².